The van der Waals surface area contributed by atoms with Crippen LogP contribution in [0.4, 0.5) is 9.18 Å². The van der Waals surface area contributed by atoms with Gasteiger partial charge in [0.2, 0.25) is 0 Å². The molecular weight excluding hydrogens is 439 g/mol. The smallest absolute Gasteiger partial charge is 0.316 e. The first-order valence-corrected chi connectivity index (χ1v) is 12.1. The Morgan fingerprint density at radius 2 is 1.76 bits per heavy atom. The number of carbonyl (C=O) groups is 1. The molecule has 2 aliphatic rings. The van der Waals surface area contributed by atoms with Gasteiger partial charge in [0.25, 0.3) is 0 Å². The first-order chi connectivity index (χ1) is 15.8. The van der Waals surface area contributed by atoms with E-state index in [2.05, 4.69) is 29.6 Å². The second-order valence-corrected chi connectivity index (χ2v) is 9.97. The summed E-state index contributed by atoms with van der Waals surface area (Å²) in [6, 6.07) is 12.2. The lowest BCUT2D eigenvalue weighted by Crippen LogP contribution is -2.48. The van der Waals surface area contributed by atoms with Gasteiger partial charge in [-0.15, -0.1) is 0 Å². The van der Waals surface area contributed by atoms with Gasteiger partial charge in [-0.05, 0) is 76.1 Å². The van der Waals surface area contributed by atoms with Gasteiger partial charge in [-0.25, -0.2) is 19.2 Å². The van der Waals surface area contributed by atoms with E-state index in [1.54, 1.807) is 12.1 Å². The van der Waals surface area contributed by atoms with E-state index in [-0.39, 0.29) is 17.9 Å². The number of aromatic nitrogens is 1. The Balaban J connectivity index is 1.72. The van der Waals surface area contributed by atoms with E-state index in [1.165, 1.54) is 18.6 Å². The predicted molar refractivity (Wildman–Crippen MR) is 130 cm³/mol. The molecule has 0 saturated carbocycles. The van der Waals surface area contributed by atoms with Gasteiger partial charge in [-0.1, -0.05) is 18.0 Å². The number of rotatable bonds is 4. The highest BCUT2D eigenvalue weighted by Gasteiger charge is 2.54. The first-order valence-electron chi connectivity index (χ1n) is 11.7. The van der Waals surface area contributed by atoms with Crippen LogP contribution in [0.15, 0.2) is 48.7 Å². The standard InChI is InChI=1S/C26H30ClFN4O/c1-4-31-25(33)32(29-14-6-5-7-15-29)24(26(31,2)3)22-17-30(20-11-9-19(28)10-12-20)23-13-8-18(27)16-21(22)23/h8-13,16-17,24H,4-7,14-15H2,1-3H3. The highest BCUT2D eigenvalue weighted by molar-refractivity contribution is 6.31. The van der Waals surface area contributed by atoms with E-state index >= 15 is 0 Å². The lowest BCUT2D eigenvalue weighted by Gasteiger charge is -2.40. The number of carbonyl (C=O) groups excluding carboxylic acids is 1. The van der Waals surface area contributed by atoms with E-state index in [9.17, 15) is 9.18 Å². The quantitative estimate of drug-likeness (QED) is 0.443. The number of hydrogen-bond acceptors (Lipinski definition) is 2. The number of benzene rings is 2. The normalized spacial score (nSPS) is 21.4. The molecule has 2 amide bonds. The molecular formula is C26H30ClFN4O. The highest BCUT2D eigenvalue weighted by atomic mass is 35.5. The second-order valence-electron chi connectivity index (χ2n) is 9.53. The predicted octanol–water partition coefficient (Wildman–Crippen LogP) is 6.40. The molecule has 7 heteroatoms. The molecule has 2 aliphatic heterocycles. The molecule has 0 N–H and O–H groups in total. The Morgan fingerprint density at radius 3 is 2.42 bits per heavy atom. The Labute approximate surface area is 199 Å². The van der Waals surface area contributed by atoms with Crippen LogP contribution in [-0.4, -0.2) is 50.7 Å². The topological polar surface area (TPSA) is 31.7 Å². The lowest BCUT2D eigenvalue weighted by atomic mass is 9.88. The third kappa shape index (κ3) is 3.60. The summed E-state index contributed by atoms with van der Waals surface area (Å²) in [7, 11) is 0. The van der Waals surface area contributed by atoms with Crippen LogP contribution in [0.2, 0.25) is 5.02 Å². The minimum atomic E-state index is -0.423. The molecule has 5 nitrogen and oxygen atoms in total. The summed E-state index contributed by atoms with van der Waals surface area (Å²) < 4.78 is 15.7. The molecule has 174 valence electrons. The SMILES string of the molecule is CCN1C(=O)N(N2CCCCC2)C(c2cn(-c3ccc(F)cc3)c3ccc(Cl)cc23)C1(C)C. The first kappa shape index (κ1) is 22.2. The number of likely N-dealkylation sites (N-methyl/N-ethyl adjacent to an activating group) is 1. The van der Waals surface area contributed by atoms with Gasteiger partial charge in [-0.2, -0.15) is 0 Å². The van der Waals surface area contributed by atoms with Crippen LogP contribution >= 0.6 is 11.6 Å². The summed E-state index contributed by atoms with van der Waals surface area (Å²) in [5, 5.41) is 5.89. The molecule has 3 aromatic rings. The molecule has 2 fully saturated rings. The Hall–Kier alpha value is -2.57. The molecule has 5 rings (SSSR count). The second kappa shape index (κ2) is 8.33. The largest absolute Gasteiger partial charge is 0.335 e. The van der Waals surface area contributed by atoms with E-state index < -0.39 is 5.54 Å². The number of fused-ring (bicyclic) bond motifs is 1. The van der Waals surface area contributed by atoms with Gasteiger partial charge < -0.3 is 9.47 Å². The fourth-order valence-electron chi connectivity index (χ4n) is 5.62. The van der Waals surface area contributed by atoms with Crippen molar-refractivity contribution in [1.82, 2.24) is 19.5 Å². The van der Waals surface area contributed by atoms with Gasteiger partial charge in [0.1, 0.15) is 11.9 Å². The molecule has 2 saturated heterocycles. The van der Waals surface area contributed by atoms with Gasteiger partial charge >= 0.3 is 6.03 Å². The van der Waals surface area contributed by atoms with Gasteiger partial charge in [-0.3, -0.25) is 0 Å². The average molecular weight is 469 g/mol. The lowest BCUT2D eigenvalue weighted by molar-refractivity contribution is -0.0256. The van der Waals surface area contributed by atoms with Crippen LogP contribution in [0.3, 0.4) is 0 Å². The maximum atomic E-state index is 13.7. The molecule has 0 bridgehead atoms. The number of piperidine rings is 1. The molecule has 1 atom stereocenters. The van der Waals surface area contributed by atoms with Crippen molar-refractivity contribution in [2.75, 3.05) is 19.6 Å². The maximum Gasteiger partial charge on any atom is 0.335 e. The zero-order valence-corrected chi connectivity index (χ0v) is 20.1. The Bertz CT molecular complexity index is 1180. The molecule has 0 spiro atoms. The summed E-state index contributed by atoms with van der Waals surface area (Å²) in [5.41, 5.74) is 2.48. The number of amides is 2. The van der Waals surface area contributed by atoms with Crippen molar-refractivity contribution >= 4 is 28.5 Å². The van der Waals surface area contributed by atoms with Crippen molar-refractivity contribution in [2.45, 2.75) is 51.6 Å². The zero-order valence-electron chi connectivity index (χ0n) is 19.4. The molecule has 0 aliphatic carbocycles. The van der Waals surface area contributed by atoms with Crippen LogP contribution < -0.4 is 0 Å². The Kier molecular flexibility index (Phi) is 5.61. The van der Waals surface area contributed by atoms with Gasteiger partial charge in [0, 0.05) is 47.5 Å². The third-order valence-corrected chi connectivity index (χ3v) is 7.42. The monoisotopic (exact) mass is 468 g/mol. The maximum absolute atomic E-state index is 13.7. The van der Waals surface area contributed by atoms with E-state index in [0.29, 0.717) is 11.6 Å². The van der Waals surface area contributed by atoms with Crippen molar-refractivity contribution < 1.29 is 9.18 Å². The fraction of sp³-hybridized carbons (Fsp3) is 0.423. The van der Waals surface area contributed by atoms with E-state index in [0.717, 1.165) is 48.1 Å². The highest BCUT2D eigenvalue weighted by Crippen LogP contribution is 2.47. The van der Waals surface area contributed by atoms with Crippen molar-refractivity contribution in [3.8, 4) is 5.69 Å². The summed E-state index contributed by atoms with van der Waals surface area (Å²) in [4.78, 5) is 15.7. The van der Waals surface area contributed by atoms with Crippen molar-refractivity contribution in [1.29, 1.82) is 0 Å². The number of halogens is 2. The minimum absolute atomic E-state index is 0.0547. The molecule has 1 aromatic heterocycles. The van der Waals surface area contributed by atoms with Gasteiger partial charge in [0.15, 0.2) is 0 Å². The van der Waals surface area contributed by atoms with Crippen LogP contribution in [0.1, 0.15) is 51.6 Å². The molecule has 2 aromatic carbocycles. The van der Waals surface area contributed by atoms with Crippen LogP contribution in [0.5, 0.6) is 0 Å². The summed E-state index contributed by atoms with van der Waals surface area (Å²) in [6.45, 7) is 8.74. The van der Waals surface area contributed by atoms with Crippen molar-refractivity contribution in [3.63, 3.8) is 0 Å². The van der Waals surface area contributed by atoms with Crippen molar-refractivity contribution in [3.05, 3.63) is 65.1 Å². The number of hydrogen-bond donors (Lipinski definition) is 0. The number of urea groups is 1. The van der Waals surface area contributed by atoms with Crippen molar-refractivity contribution in [2.24, 2.45) is 0 Å². The van der Waals surface area contributed by atoms with E-state index in [1.807, 2.05) is 35.0 Å². The van der Waals surface area contributed by atoms with E-state index in [4.69, 9.17) is 11.6 Å². The van der Waals surface area contributed by atoms with Crippen LogP contribution in [-0.2, 0) is 0 Å². The number of nitrogens with zero attached hydrogens (tertiary/aromatic N) is 4. The van der Waals surface area contributed by atoms with Crippen LogP contribution in [0, 0.1) is 5.82 Å². The minimum Gasteiger partial charge on any atom is -0.316 e. The Morgan fingerprint density at radius 1 is 1.06 bits per heavy atom. The van der Waals surface area contributed by atoms with Gasteiger partial charge in [0.05, 0.1) is 11.1 Å². The molecule has 33 heavy (non-hydrogen) atoms. The summed E-state index contributed by atoms with van der Waals surface area (Å²) in [6.07, 6.45) is 5.48. The molecule has 0 radical (unpaired) electrons. The number of hydrazine groups is 1. The molecule has 3 heterocycles. The average Bonchev–Trinajstić information content (AvgIpc) is 3.25. The molecule has 1 unspecified atom stereocenters. The fourth-order valence-corrected chi connectivity index (χ4v) is 5.79. The zero-order chi connectivity index (χ0) is 23.3. The third-order valence-electron chi connectivity index (χ3n) is 7.19. The summed E-state index contributed by atoms with van der Waals surface area (Å²) in [5.74, 6) is -0.268. The summed E-state index contributed by atoms with van der Waals surface area (Å²) >= 11 is 6.45. The van der Waals surface area contributed by atoms with Crippen LogP contribution in [0.25, 0.3) is 16.6 Å².